The zero-order valence-corrected chi connectivity index (χ0v) is 14.4. The van der Waals surface area contributed by atoms with Gasteiger partial charge in [-0.25, -0.2) is 8.42 Å². The predicted molar refractivity (Wildman–Crippen MR) is 88.1 cm³/mol. The van der Waals surface area contributed by atoms with Gasteiger partial charge in [-0.3, -0.25) is 0 Å². The lowest BCUT2D eigenvalue weighted by atomic mass is 10.2. The highest BCUT2D eigenvalue weighted by Crippen LogP contribution is 2.23. The summed E-state index contributed by atoms with van der Waals surface area (Å²) in [4.78, 5) is 2.44. The van der Waals surface area contributed by atoms with Crippen molar-refractivity contribution in [1.82, 2.24) is 9.46 Å². The van der Waals surface area contributed by atoms with E-state index in [-0.39, 0.29) is 0 Å². The van der Waals surface area contributed by atoms with Crippen LogP contribution < -0.4 is 4.90 Å². The van der Waals surface area contributed by atoms with Gasteiger partial charge in [0.25, 0.3) is 0 Å². The van der Waals surface area contributed by atoms with Gasteiger partial charge in [-0.15, -0.1) is 0 Å². The Labute approximate surface area is 136 Å². The Morgan fingerprint density at radius 2 is 1.74 bits per heavy atom. The lowest BCUT2D eigenvalue weighted by molar-refractivity contribution is 0.371. The molecule has 7 heteroatoms. The molecule has 0 radical (unpaired) electrons. The standard InChI is InChI=1S/C16H21N3O3S/c1-12-4-5-15(13(2)10-12)23(20,21)19-8-6-18(7-9-19)16-11-14(3)22-17-16/h4-5,10-11H,6-9H2,1-3H3. The van der Waals surface area contributed by atoms with E-state index in [1.807, 2.05) is 43.9 Å². The topological polar surface area (TPSA) is 66.7 Å². The van der Waals surface area contributed by atoms with Gasteiger partial charge in [-0.05, 0) is 32.4 Å². The fourth-order valence-corrected chi connectivity index (χ4v) is 4.52. The summed E-state index contributed by atoms with van der Waals surface area (Å²) in [5.41, 5.74) is 1.85. The summed E-state index contributed by atoms with van der Waals surface area (Å²) >= 11 is 0. The number of benzene rings is 1. The summed E-state index contributed by atoms with van der Waals surface area (Å²) in [6.07, 6.45) is 0. The van der Waals surface area contributed by atoms with Crippen LogP contribution in [0.1, 0.15) is 16.9 Å². The molecular weight excluding hydrogens is 314 g/mol. The van der Waals surface area contributed by atoms with Crippen molar-refractivity contribution in [2.75, 3.05) is 31.1 Å². The Morgan fingerprint density at radius 1 is 1.04 bits per heavy atom. The maximum atomic E-state index is 12.8. The molecule has 2 heterocycles. The second-order valence-electron chi connectivity index (χ2n) is 5.96. The molecule has 1 aliphatic heterocycles. The van der Waals surface area contributed by atoms with Crippen LogP contribution in [0.5, 0.6) is 0 Å². The van der Waals surface area contributed by atoms with Crippen molar-refractivity contribution >= 4 is 15.8 Å². The molecule has 6 nitrogen and oxygen atoms in total. The number of aryl methyl sites for hydroxylation is 3. The first-order valence-corrected chi connectivity index (χ1v) is 9.07. The number of sulfonamides is 1. The number of piperazine rings is 1. The Bertz CT molecular complexity index is 806. The number of hydrogen-bond donors (Lipinski definition) is 0. The third kappa shape index (κ3) is 3.11. The van der Waals surface area contributed by atoms with E-state index in [2.05, 4.69) is 5.16 Å². The van der Waals surface area contributed by atoms with Crippen LogP contribution in [0.3, 0.4) is 0 Å². The second-order valence-corrected chi connectivity index (χ2v) is 7.86. The molecule has 3 rings (SSSR count). The predicted octanol–water partition coefficient (Wildman–Crippen LogP) is 2.11. The highest BCUT2D eigenvalue weighted by molar-refractivity contribution is 7.89. The van der Waals surface area contributed by atoms with Crippen LogP contribution in [0.2, 0.25) is 0 Å². The van der Waals surface area contributed by atoms with Crippen molar-refractivity contribution in [2.24, 2.45) is 0 Å². The average Bonchev–Trinajstić information content (AvgIpc) is 2.93. The van der Waals surface area contributed by atoms with Crippen molar-refractivity contribution in [3.05, 3.63) is 41.2 Å². The largest absolute Gasteiger partial charge is 0.360 e. The van der Waals surface area contributed by atoms with Crippen molar-refractivity contribution in [3.63, 3.8) is 0 Å². The molecule has 124 valence electrons. The van der Waals surface area contributed by atoms with Crippen LogP contribution in [0.4, 0.5) is 5.82 Å². The molecular formula is C16H21N3O3S. The van der Waals surface area contributed by atoms with Gasteiger partial charge in [0.1, 0.15) is 5.76 Å². The molecule has 1 aromatic carbocycles. The quantitative estimate of drug-likeness (QED) is 0.859. The first kappa shape index (κ1) is 16.0. The van der Waals surface area contributed by atoms with E-state index in [0.29, 0.717) is 31.1 Å². The molecule has 1 aliphatic rings. The molecule has 0 aliphatic carbocycles. The molecule has 0 amide bonds. The van der Waals surface area contributed by atoms with Crippen LogP contribution in [-0.4, -0.2) is 44.1 Å². The number of aromatic nitrogens is 1. The van der Waals surface area contributed by atoms with E-state index < -0.39 is 10.0 Å². The normalized spacial score (nSPS) is 16.7. The van der Waals surface area contributed by atoms with E-state index in [0.717, 1.165) is 22.7 Å². The molecule has 1 fully saturated rings. The Balaban J connectivity index is 1.76. The van der Waals surface area contributed by atoms with E-state index >= 15 is 0 Å². The van der Waals surface area contributed by atoms with Crippen molar-refractivity contribution < 1.29 is 12.9 Å². The van der Waals surface area contributed by atoms with E-state index in [9.17, 15) is 8.42 Å². The number of rotatable bonds is 3. The zero-order valence-electron chi connectivity index (χ0n) is 13.6. The minimum atomic E-state index is -3.45. The Hall–Kier alpha value is -1.86. The van der Waals surface area contributed by atoms with Gasteiger partial charge >= 0.3 is 0 Å². The third-order valence-electron chi connectivity index (χ3n) is 4.13. The van der Waals surface area contributed by atoms with Gasteiger partial charge in [-0.2, -0.15) is 4.31 Å². The first-order valence-electron chi connectivity index (χ1n) is 7.63. The maximum absolute atomic E-state index is 12.8. The number of anilines is 1. The van der Waals surface area contributed by atoms with Crippen LogP contribution >= 0.6 is 0 Å². The second kappa shape index (κ2) is 5.98. The molecule has 2 aromatic rings. The Kier molecular flexibility index (Phi) is 4.16. The zero-order chi connectivity index (χ0) is 16.6. The molecule has 0 unspecified atom stereocenters. The lowest BCUT2D eigenvalue weighted by Crippen LogP contribution is -2.48. The summed E-state index contributed by atoms with van der Waals surface area (Å²) in [5.74, 6) is 1.52. The number of nitrogens with zero attached hydrogens (tertiary/aromatic N) is 3. The van der Waals surface area contributed by atoms with Crippen molar-refractivity contribution in [1.29, 1.82) is 0 Å². The van der Waals surface area contributed by atoms with E-state index in [1.165, 1.54) is 0 Å². The van der Waals surface area contributed by atoms with Crippen molar-refractivity contribution in [2.45, 2.75) is 25.7 Å². The molecule has 1 aromatic heterocycles. The molecule has 0 spiro atoms. The lowest BCUT2D eigenvalue weighted by Gasteiger charge is -2.34. The van der Waals surface area contributed by atoms with Crippen LogP contribution in [0, 0.1) is 20.8 Å². The summed E-state index contributed by atoms with van der Waals surface area (Å²) in [7, 11) is -3.45. The summed E-state index contributed by atoms with van der Waals surface area (Å²) in [5, 5.41) is 3.99. The van der Waals surface area contributed by atoms with Gasteiger partial charge in [-0.1, -0.05) is 22.9 Å². The third-order valence-corrected chi connectivity index (χ3v) is 6.19. The monoisotopic (exact) mass is 335 g/mol. The molecule has 0 N–H and O–H groups in total. The summed E-state index contributed by atoms with van der Waals surface area (Å²) < 4.78 is 32.3. The van der Waals surface area contributed by atoms with Gasteiger partial charge in [0.15, 0.2) is 5.82 Å². The highest BCUT2D eigenvalue weighted by atomic mass is 32.2. The fraction of sp³-hybridized carbons (Fsp3) is 0.438. The van der Waals surface area contributed by atoms with Gasteiger partial charge < -0.3 is 9.42 Å². The number of hydrogen-bond acceptors (Lipinski definition) is 5. The summed E-state index contributed by atoms with van der Waals surface area (Å²) in [6, 6.07) is 7.32. The molecule has 0 atom stereocenters. The molecule has 1 saturated heterocycles. The first-order chi connectivity index (χ1) is 10.9. The minimum Gasteiger partial charge on any atom is -0.360 e. The molecule has 0 bridgehead atoms. The Morgan fingerprint density at radius 3 is 2.30 bits per heavy atom. The van der Waals surface area contributed by atoms with Gasteiger partial charge in [0.2, 0.25) is 10.0 Å². The highest BCUT2D eigenvalue weighted by Gasteiger charge is 2.30. The van der Waals surface area contributed by atoms with Gasteiger partial charge in [0.05, 0.1) is 4.90 Å². The van der Waals surface area contributed by atoms with Crippen LogP contribution in [-0.2, 0) is 10.0 Å². The smallest absolute Gasteiger partial charge is 0.243 e. The summed E-state index contributed by atoms with van der Waals surface area (Å²) in [6.45, 7) is 7.75. The fourth-order valence-electron chi connectivity index (χ4n) is 2.89. The van der Waals surface area contributed by atoms with E-state index in [1.54, 1.807) is 10.4 Å². The van der Waals surface area contributed by atoms with Gasteiger partial charge in [0, 0.05) is 32.2 Å². The average molecular weight is 335 g/mol. The van der Waals surface area contributed by atoms with E-state index in [4.69, 9.17) is 4.52 Å². The van der Waals surface area contributed by atoms with Crippen LogP contribution in [0.25, 0.3) is 0 Å². The van der Waals surface area contributed by atoms with Crippen LogP contribution in [0.15, 0.2) is 33.7 Å². The molecule has 23 heavy (non-hydrogen) atoms. The van der Waals surface area contributed by atoms with Crippen molar-refractivity contribution in [3.8, 4) is 0 Å². The SMILES string of the molecule is Cc1ccc(S(=O)(=O)N2CCN(c3cc(C)on3)CC2)c(C)c1. The minimum absolute atomic E-state index is 0.397. The maximum Gasteiger partial charge on any atom is 0.243 e. The molecule has 0 saturated carbocycles.